The maximum atomic E-state index is 6.30. The molecule has 2 aliphatic heterocycles. The lowest BCUT2D eigenvalue weighted by molar-refractivity contribution is -0.130. The molecule has 2 heterocycles. The lowest BCUT2D eigenvalue weighted by Crippen LogP contribution is -2.41. The fraction of sp³-hybridized carbons (Fsp3) is 0.579. The highest BCUT2D eigenvalue weighted by molar-refractivity contribution is 5.53. The maximum absolute atomic E-state index is 6.30. The molecule has 0 saturated heterocycles. The van der Waals surface area contributed by atoms with Gasteiger partial charge in [0.05, 0.1) is 20.3 Å². The summed E-state index contributed by atoms with van der Waals surface area (Å²) < 4.78 is 34.1. The summed E-state index contributed by atoms with van der Waals surface area (Å²) in [6, 6.07) is 3.94. The van der Waals surface area contributed by atoms with Gasteiger partial charge in [-0.1, -0.05) is 0 Å². The van der Waals surface area contributed by atoms with Crippen molar-refractivity contribution >= 4 is 0 Å². The van der Waals surface area contributed by atoms with E-state index in [9.17, 15) is 0 Å². The normalized spacial score (nSPS) is 27.2. The molecule has 0 saturated carbocycles. The topological polar surface area (TPSA) is 55.4 Å². The molecule has 138 valence electrons. The van der Waals surface area contributed by atoms with Crippen molar-refractivity contribution in [1.29, 1.82) is 0 Å². The first kappa shape index (κ1) is 18.0. The molecule has 0 spiro atoms. The zero-order chi connectivity index (χ0) is 18.0. The Bertz CT molecular complexity index is 656. The molecule has 0 N–H and O–H groups in total. The minimum absolute atomic E-state index is 0.0198. The molecule has 0 aliphatic carbocycles. The van der Waals surface area contributed by atoms with Crippen LogP contribution in [0, 0.1) is 0 Å². The smallest absolute Gasteiger partial charge is 0.161 e. The third-order valence-electron chi connectivity index (χ3n) is 4.68. The summed E-state index contributed by atoms with van der Waals surface area (Å²) in [5.41, 5.74) is 1.52. The zero-order valence-corrected chi connectivity index (χ0v) is 15.5. The molecule has 6 heteroatoms. The van der Waals surface area contributed by atoms with Gasteiger partial charge in [0.25, 0.3) is 0 Å². The summed E-state index contributed by atoms with van der Waals surface area (Å²) in [4.78, 5) is 0. The Morgan fingerprint density at radius 3 is 2.48 bits per heavy atom. The molecule has 6 nitrogen and oxygen atoms in total. The Morgan fingerprint density at radius 1 is 1.12 bits per heavy atom. The molecule has 2 bridgehead atoms. The van der Waals surface area contributed by atoms with Gasteiger partial charge >= 0.3 is 0 Å². The Kier molecular flexibility index (Phi) is 5.22. The van der Waals surface area contributed by atoms with Crippen molar-refractivity contribution in [3.63, 3.8) is 0 Å². The average Bonchev–Trinajstić information content (AvgIpc) is 2.60. The van der Waals surface area contributed by atoms with Crippen molar-refractivity contribution in [2.24, 2.45) is 0 Å². The summed E-state index contributed by atoms with van der Waals surface area (Å²) in [6.07, 6.45) is 2.34. The van der Waals surface area contributed by atoms with Gasteiger partial charge in [0.1, 0.15) is 24.3 Å². The highest BCUT2D eigenvalue weighted by Crippen LogP contribution is 2.52. The lowest BCUT2D eigenvalue weighted by atomic mass is 9.78. The molecular weight excluding hydrogens is 324 g/mol. The quantitative estimate of drug-likeness (QED) is 0.703. The van der Waals surface area contributed by atoms with E-state index in [4.69, 9.17) is 28.4 Å². The number of methoxy groups -OCH3 is 3. The van der Waals surface area contributed by atoms with Gasteiger partial charge in [-0.25, -0.2) is 0 Å². The largest absolute Gasteiger partial charge is 0.493 e. The van der Waals surface area contributed by atoms with E-state index in [1.807, 2.05) is 25.1 Å². The molecule has 3 atom stereocenters. The molecule has 25 heavy (non-hydrogen) atoms. The van der Waals surface area contributed by atoms with Gasteiger partial charge < -0.3 is 28.4 Å². The zero-order valence-electron chi connectivity index (χ0n) is 15.5. The first-order chi connectivity index (χ1) is 12.1. The van der Waals surface area contributed by atoms with Crippen LogP contribution in [-0.2, 0) is 24.5 Å². The van der Waals surface area contributed by atoms with Crippen molar-refractivity contribution in [1.82, 2.24) is 0 Å². The van der Waals surface area contributed by atoms with E-state index in [1.54, 1.807) is 21.3 Å². The summed E-state index contributed by atoms with van der Waals surface area (Å²) >= 11 is 0. The second-order valence-electron chi connectivity index (χ2n) is 6.35. The van der Waals surface area contributed by atoms with Crippen LogP contribution in [0.5, 0.6) is 11.5 Å². The lowest BCUT2D eigenvalue weighted by Gasteiger charge is -2.46. The monoisotopic (exact) mass is 350 g/mol. The Balaban J connectivity index is 2.12. The number of rotatable bonds is 7. The van der Waals surface area contributed by atoms with Crippen LogP contribution in [0.3, 0.4) is 0 Å². The first-order valence-electron chi connectivity index (χ1n) is 8.45. The standard InChI is InChI=1S/C19H26O6/c1-6-23-12-7-17-18(24-11-20-3)13-8-15(21-4)16(22-5)9-14(13)19(2,10-12)25-17/h7-9,12,18H,6,10-11H2,1-5H3/t12-,18+,19+/m0/s1. The predicted octanol–water partition coefficient (Wildman–Crippen LogP) is 3.30. The van der Waals surface area contributed by atoms with E-state index < -0.39 is 5.60 Å². The van der Waals surface area contributed by atoms with Crippen molar-refractivity contribution < 1.29 is 28.4 Å². The number of hydrogen-bond donors (Lipinski definition) is 0. The van der Waals surface area contributed by atoms with Crippen LogP contribution >= 0.6 is 0 Å². The maximum Gasteiger partial charge on any atom is 0.161 e. The van der Waals surface area contributed by atoms with Gasteiger partial charge in [-0.05, 0) is 37.6 Å². The van der Waals surface area contributed by atoms with Gasteiger partial charge in [-0.15, -0.1) is 0 Å². The van der Waals surface area contributed by atoms with E-state index in [1.165, 1.54) is 0 Å². The fourth-order valence-electron chi connectivity index (χ4n) is 3.62. The van der Waals surface area contributed by atoms with Crippen LogP contribution in [0.1, 0.15) is 37.5 Å². The summed E-state index contributed by atoms with van der Waals surface area (Å²) in [5.74, 6) is 2.09. The minimum Gasteiger partial charge on any atom is -0.493 e. The van der Waals surface area contributed by atoms with Crippen LogP contribution < -0.4 is 9.47 Å². The highest BCUT2D eigenvalue weighted by atomic mass is 16.7. The van der Waals surface area contributed by atoms with E-state index in [2.05, 4.69) is 6.92 Å². The Labute approximate surface area is 148 Å². The molecule has 0 radical (unpaired) electrons. The van der Waals surface area contributed by atoms with Crippen LogP contribution in [0.25, 0.3) is 0 Å². The number of benzene rings is 1. The first-order valence-corrected chi connectivity index (χ1v) is 8.45. The summed E-state index contributed by atoms with van der Waals surface area (Å²) in [5, 5.41) is 0. The highest BCUT2D eigenvalue weighted by Gasteiger charge is 2.46. The second-order valence-corrected chi connectivity index (χ2v) is 6.35. The summed E-state index contributed by atoms with van der Waals surface area (Å²) in [6.45, 7) is 4.87. The fourth-order valence-corrected chi connectivity index (χ4v) is 3.62. The number of fused-ring (bicyclic) bond motifs is 4. The van der Waals surface area contributed by atoms with Crippen LogP contribution in [0.15, 0.2) is 24.0 Å². The van der Waals surface area contributed by atoms with Gasteiger partial charge in [0.15, 0.2) is 11.5 Å². The molecule has 1 aromatic carbocycles. The minimum atomic E-state index is -0.508. The van der Waals surface area contributed by atoms with Crippen LogP contribution in [0.2, 0.25) is 0 Å². The molecule has 0 fully saturated rings. The van der Waals surface area contributed by atoms with E-state index in [0.29, 0.717) is 18.1 Å². The molecular formula is C19H26O6. The van der Waals surface area contributed by atoms with Crippen LogP contribution in [-0.4, -0.2) is 40.8 Å². The van der Waals surface area contributed by atoms with Crippen molar-refractivity contribution in [3.8, 4) is 11.5 Å². The molecule has 0 unspecified atom stereocenters. The third-order valence-corrected chi connectivity index (χ3v) is 4.68. The van der Waals surface area contributed by atoms with Gasteiger partial charge in [0, 0.05) is 25.7 Å². The van der Waals surface area contributed by atoms with Crippen molar-refractivity contribution in [2.45, 2.75) is 38.1 Å². The molecule has 1 aromatic rings. The predicted molar refractivity (Wildman–Crippen MR) is 91.8 cm³/mol. The van der Waals surface area contributed by atoms with Crippen LogP contribution in [0.4, 0.5) is 0 Å². The van der Waals surface area contributed by atoms with Crippen molar-refractivity contribution in [3.05, 3.63) is 35.1 Å². The molecule has 2 aliphatic rings. The SMILES string of the molecule is CCO[C@H]1C=C2O[C@](C)(C1)c1cc(OC)c(OC)cc1[C@H]2OCOC. The van der Waals surface area contributed by atoms with Gasteiger partial charge in [0.2, 0.25) is 0 Å². The Morgan fingerprint density at radius 2 is 1.84 bits per heavy atom. The molecule has 0 amide bonds. The molecule has 0 aromatic heterocycles. The summed E-state index contributed by atoms with van der Waals surface area (Å²) in [7, 11) is 4.85. The van der Waals surface area contributed by atoms with E-state index in [-0.39, 0.29) is 19.0 Å². The Hall–Kier alpha value is -1.76. The van der Waals surface area contributed by atoms with Crippen molar-refractivity contribution in [2.75, 3.05) is 34.7 Å². The van der Waals surface area contributed by atoms with E-state index >= 15 is 0 Å². The second kappa shape index (κ2) is 7.23. The average molecular weight is 350 g/mol. The van der Waals surface area contributed by atoms with E-state index in [0.717, 1.165) is 23.3 Å². The third kappa shape index (κ3) is 3.21. The number of hydrogen-bond acceptors (Lipinski definition) is 6. The van der Waals surface area contributed by atoms with Gasteiger partial charge in [-0.2, -0.15) is 0 Å². The van der Waals surface area contributed by atoms with Gasteiger partial charge in [-0.3, -0.25) is 0 Å². The molecule has 3 rings (SSSR count). The number of ether oxygens (including phenoxy) is 6.